The van der Waals surface area contributed by atoms with Gasteiger partial charge in [0.25, 0.3) is 0 Å². The first-order valence-electron chi connectivity index (χ1n) is 13.3. The summed E-state index contributed by atoms with van der Waals surface area (Å²) in [5.41, 5.74) is 2.23. The van der Waals surface area contributed by atoms with Crippen molar-refractivity contribution < 1.29 is 43.9 Å². The Balaban J connectivity index is 1.57. The monoisotopic (exact) mass is 554 g/mol. The largest absolute Gasteiger partial charge is 0.493 e. The molecule has 0 fully saturated rings. The van der Waals surface area contributed by atoms with E-state index in [0.717, 1.165) is 5.56 Å². The van der Waals surface area contributed by atoms with E-state index in [1.165, 1.54) is 7.11 Å². The van der Waals surface area contributed by atoms with E-state index in [2.05, 4.69) is 5.32 Å². The zero-order valence-electron chi connectivity index (χ0n) is 22.5. The van der Waals surface area contributed by atoms with Crippen molar-refractivity contribution in [2.75, 3.05) is 27.1 Å². The van der Waals surface area contributed by atoms with Crippen LogP contribution in [0.25, 0.3) is 0 Å². The Kier molecular flexibility index (Phi) is 8.15. The van der Waals surface area contributed by atoms with Crippen LogP contribution in [0, 0.1) is 0 Å². The summed E-state index contributed by atoms with van der Waals surface area (Å²) < 4.78 is 22.7. The van der Waals surface area contributed by atoms with Gasteiger partial charge in [-0.1, -0.05) is 13.0 Å². The van der Waals surface area contributed by atoms with Gasteiger partial charge in [-0.25, -0.2) is 0 Å². The molecule has 40 heavy (non-hydrogen) atoms. The van der Waals surface area contributed by atoms with Gasteiger partial charge >= 0.3 is 0 Å². The molecule has 11 heteroatoms. The number of ether oxygens (including phenoxy) is 4. The molecular weight excluding hydrogens is 520 g/mol. The van der Waals surface area contributed by atoms with Crippen LogP contribution in [0.2, 0.25) is 0 Å². The molecule has 3 aliphatic rings. The van der Waals surface area contributed by atoms with E-state index in [9.17, 15) is 24.9 Å². The summed E-state index contributed by atoms with van der Waals surface area (Å²) in [6.45, 7) is 1.70. The minimum absolute atomic E-state index is 0.0319. The number of nitrogens with zero attached hydrogens (tertiary/aromatic N) is 1. The van der Waals surface area contributed by atoms with Crippen molar-refractivity contribution in [2.45, 2.75) is 57.1 Å². The Morgan fingerprint density at radius 3 is 2.65 bits per heavy atom. The van der Waals surface area contributed by atoms with Crippen LogP contribution in [0.4, 0.5) is 0 Å². The summed E-state index contributed by atoms with van der Waals surface area (Å²) in [6, 6.07) is 7.90. The molecule has 2 aliphatic heterocycles. The van der Waals surface area contributed by atoms with Crippen LogP contribution in [-0.2, 0) is 22.7 Å². The highest BCUT2D eigenvalue weighted by Crippen LogP contribution is 2.51. The number of hydrogen-bond acceptors (Lipinski definition) is 9. The Morgan fingerprint density at radius 1 is 1.12 bits per heavy atom. The topological polar surface area (TPSA) is 147 Å². The zero-order valence-corrected chi connectivity index (χ0v) is 22.5. The molecule has 4 N–H and O–H groups in total. The van der Waals surface area contributed by atoms with Crippen molar-refractivity contribution in [3.8, 4) is 23.0 Å². The van der Waals surface area contributed by atoms with Gasteiger partial charge in [0, 0.05) is 30.6 Å². The molecule has 11 nitrogen and oxygen atoms in total. The van der Waals surface area contributed by atoms with Gasteiger partial charge in [-0.2, -0.15) is 0 Å². The number of rotatable bonds is 10. The van der Waals surface area contributed by atoms with Crippen LogP contribution in [0.3, 0.4) is 0 Å². The SMILES string of the molecule is CCCC(=O)N(Cc1ccc2c(c1)OCO2)C1C=C(C(=O)NCCO)C2c3cc(CO)cc(OC)c3OC2C1O. The van der Waals surface area contributed by atoms with Gasteiger partial charge in [-0.05, 0) is 47.9 Å². The molecule has 2 aromatic rings. The smallest absolute Gasteiger partial charge is 0.247 e. The predicted octanol–water partition coefficient (Wildman–Crippen LogP) is 1.37. The fraction of sp³-hybridized carbons (Fsp3) is 0.448. The van der Waals surface area contributed by atoms with Gasteiger partial charge in [0.1, 0.15) is 12.2 Å². The summed E-state index contributed by atoms with van der Waals surface area (Å²) in [5.74, 6) is 0.611. The molecule has 0 saturated carbocycles. The highest BCUT2D eigenvalue weighted by atomic mass is 16.7. The van der Waals surface area contributed by atoms with Crippen molar-refractivity contribution in [3.63, 3.8) is 0 Å². The first-order chi connectivity index (χ1) is 19.4. The lowest BCUT2D eigenvalue weighted by Gasteiger charge is -2.40. The number of aliphatic hydroxyl groups excluding tert-OH is 3. The maximum Gasteiger partial charge on any atom is 0.247 e. The standard InChI is InChI=1S/C29H34N2O9/c1-3-4-24(34)31(13-16-5-6-21-22(10-16)39-15-38-21)20-12-19(29(36)30-7-8-32)25-18-9-17(14-33)11-23(37-2)27(18)40-28(25)26(20)35/h5-6,9-12,20,25-26,28,32-33,35H,3-4,7-8,13-15H2,1-2H3,(H,30,36). The van der Waals surface area contributed by atoms with Crippen LogP contribution in [-0.4, -0.2) is 77.3 Å². The first kappa shape index (κ1) is 27.8. The molecular formula is C29H34N2O9. The predicted molar refractivity (Wildman–Crippen MR) is 142 cm³/mol. The van der Waals surface area contributed by atoms with Crippen LogP contribution >= 0.6 is 0 Å². The number of aliphatic hydroxyl groups is 3. The molecule has 0 radical (unpaired) electrons. The summed E-state index contributed by atoms with van der Waals surface area (Å²) in [4.78, 5) is 28.5. The number of carbonyl (C=O) groups excluding carboxylic acids is 2. The Morgan fingerprint density at radius 2 is 1.93 bits per heavy atom. The molecule has 0 saturated heterocycles. The molecule has 5 rings (SSSR count). The Bertz CT molecular complexity index is 1310. The Labute approximate surface area is 231 Å². The second-order valence-electron chi connectivity index (χ2n) is 9.98. The van der Waals surface area contributed by atoms with Gasteiger partial charge < -0.3 is 44.5 Å². The highest BCUT2D eigenvalue weighted by molar-refractivity contribution is 5.96. The average molecular weight is 555 g/mol. The molecule has 2 amide bonds. The molecule has 0 spiro atoms. The minimum Gasteiger partial charge on any atom is -0.493 e. The van der Waals surface area contributed by atoms with Crippen LogP contribution < -0.4 is 24.3 Å². The number of fused-ring (bicyclic) bond motifs is 4. The molecule has 1 aliphatic carbocycles. The van der Waals surface area contributed by atoms with E-state index < -0.39 is 30.1 Å². The third-order valence-corrected chi connectivity index (χ3v) is 7.43. The molecule has 2 aromatic carbocycles. The molecule has 4 atom stereocenters. The number of methoxy groups -OCH3 is 1. The molecule has 2 heterocycles. The number of benzene rings is 2. The second-order valence-corrected chi connectivity index (χ2v) is 9.98. The third kappa shape index (κ3) is 5.07. The maximum absolute atomic E-state index is 13.5. The molecule has 0 aromatic heterocycles. The number of nitrogens with one attached hydrogen (secondary N) is 1. The van der Waals surface area contributed by atoms with Crippen LogP contribution in [0.15, 0.2) is 42.0 Å². The van der Waals surface area contributed by atoms with Gasteiger partial charge in [0.05, 0.1) is 32.3 Å². The molecule has 0 bridgehead atoms. The van der Waals surface area contributed by atoms with E-state index in [0.29, 0.717) is 46.1 Å². The Hall–Kier alpha value is -3.80. The van der Waals surface area contributed by atoms with Crippen LogP contribution in [0.5, 0.6) is 23.0 Å². The van der Waals surface area contributed by atoms with Crippen molar-refractivity contribution in [1.29, 1.82) is 0 Å². The average Bonchev–Trinajstić information content (AvgIpc) is 3.59. The number of hydrogen-bond donors (Lipinski definition) is 4. The van der Waals surface area contributed by atoms with Gasteiger partial charge in [0.15, 0.2) is 23.0 Å². The molecule has 4 unspecified atom stereocenters. The van der Waals surface area contributed by atoms with Crippen molar-refractivity contribution in [2.24, 2.45) is 0 Å². The zero-order chi connectivity index (χ0) is 28.4. The van der Waals surface area contributed by atoms with E-state index in [4.69, 9.17) is 18.9 Å². The highest BCUT2D eigenvalue weighted by Gasteiger charge is 2.51. The van der Waals surface area contributed by atoms with Gasteiger partial charge in [0.2, 0.25) is 18.6 Å². The number of amides is 2. The lowest BCUT2D eigenvalue weighted by molar-refractivity contribution is -0.138. The fourth-order valence-electron chi connectivity index (χ4n) is 5.57. The fourth-order valence-corrected chi connectivity index (χ4v) is 5.57. The summed E-state index contributed by atoms with van der Waals surface area (Å²) >= 11 is 0. The van der Waals surface area contributed by atoms with Gasteiger partial charge in [-0.15, -0.1) is 0 Å². The summed E-state index contributed by atoms with van der Waals surface area (Å²) in [5, 5.41) is 33.6. The maximum atomic E-state index is 13.5. The lowest BCUT2D eigenvalue weighted by atomic mass is 9.77. The molecule has 214 valence electrons. The minimum atomic E-state index is -1.19. The van der Waals surface area contributed by atoms with Crippen molar-refractivity contribution in [3.05, 3.63) is 58.7 Å². The van der Waals surface area contributed by atoms with E-state index in [-0.39, 0.29) is 45.4 Å². The summed E-state index contributed by atoms with van der Waals surface area (Å²) in [7, 11) is 1.47. The van der Waals surface area contributed by atoms with Crippen LogP contribution in [0.1, 0.15) is 42.4 Å². The second kappa shape index (κ2) is 11.7. The first-order valence-corrected chi connectivity index (χ1v) is 13.3. The number of carbonyl (C=O) groups is 2. The summed E-state index contributed by atoms with van der Waals surface area (Å²) in [6.07, 6.45) is 0.369. The van der Waals surface area contributed by atoms with Crippen molar-refractivity contribution in [1.82, 2.24) is 10.2 Å². The van der Waals surface area contributed by atoms with E-state index >= 15 is 0 Å². The van der Waals surface area contributed by atoms with Crippen molar-refractivity contribution >= 4 is 11.8 Å². The van der Waals surface area contributed by atoms with E-state index in [1.54, 1.807) is 35.2 Å². The van der Waals surface area contributed by atoms with E-state index in [1.807, 2.05) is 13.0 Å². The lowest BCUT2D eigenvalue weighted by Crippen LogP contribution is -2.55. The normalized spacial score (nSPS) is 22.1. The quantitative estimate of drug-likeness (QED) is 0.342. The third-order valence-electron chi connectivity index (χ3n) is 7.43. The van der Waals surface area contributed by atoms with Gasteiger partial charge in [-0.3, -0.25) is 9.59 Å².